The summed E-state index contributed by atoms with van der Waals surface area (Å²) in [5.41, 5.74) is 1.58. The molecule has 1 saturated carbocycles. The van der Waals surface area contributed by atoms with Crippen LogP contribution in [0.1, 0.15) is 72.6 Å². The van der Waals surface area contributed by atoms with E-state index in [9.17, 15) is 9.90 Å². The Morgan fingerprint density at radius 2 is 2.09 bits per heavy atom. The molecular weight excluding hydrogens is 272 g/mol. The Labute approximate surface area is 136 Å². The van der Waals surface area contributed by atoms with E-state index in [1.807, 2.05) is 6.08 Å². The Bertz CT molecular complexity index is 425. The fourth-order valence-corrected chi connectivity index (χ4v) is 5.05. The lowest BCUT2D eigenvalue weighted by Crippen LogP contribution is -2.44. The molecule has 1 fully saturated rings. The molecule has 2 aliphatic rings. The number of aliphatic hydroxyl groups excluding tert-OH is 1. The van der Waals surface area contributed by atoms with Gasteiger partial charge in [-0.05, 0) is 60.8 Å². The van der Waals surface area contributed by atoms with Gasteiger partial charge in [-0.2, -0.15) is 0 Å². The van der Waals surface area contributed by atoms with Crippen LogP contribution in [0.3, 0.4) is 0 Å². The van der Waals surface area contributed by atoms with Crippen molar-refractivity contribution >= 4 is 5.78 Å². The van der Waals surface area contributed by atoms with Crippen LogP contribution in [-0.2, 0) is 4.79 Å². The van der Waals surface area contributed by atoms with E-state index >= 15 is 0 Å². The van der Waals surface area contributed by atoms with Gasteiger partial charge < -0.3 is 5.11 Å². The number of aliphatic hydroxyl groups is 1. The Morgan fingerprint density at radius 1 is 1.36 bits per heavy atom. The van der Waals surface area contributed by atoms with Crippen molar-refractivity contribution < 1.29 is 9.90 Å². The molecule has 0 bridgehead atoms. The van der Waals surface area contributed by atoms with E-state index in [4.69, 9.17) is 0 Å². The summed E-state index contributed by atoms with van der Waals surface area (Å²) in [7, 11) is 0. The number of fused-ring (bicyclic) bond motifs is 1. The van der Waals surface area contributed by atoms with Gasteiger partial charge in [0, 0.05) is 13.0 Å². The standard InChI is InChI=1S/C20H34O2/c1-5-6-15(3)18-8-7-16-12-17(22)9-10-20(16,4)19(18)11-14(2)13-21/h12,14-15,18-19,21H,5-11,13H2,1-4H3/t14?,15-,18-,19-,20-/m0/s1. The van der Waals surface area contributed by atoms with E-state index in [1.54, 1.807) is 0 Å². The molecular formula is C20H34O2. The van der Waals surface area contributed by atoms with Gasteiger partial charge in [-0.1, -0.05) is 46.1 Å². The third kappa shape index (κ3) is 3.48. The zero-order valence-corrected chi connectivity index (χ0v) is 14.9. The zero-order valence-electron chi connectivity index (χ0n) is 14.9. The monoisotopic (exact) mass is 306 g/mol. The summed E-state index contributed by atoms with van der Waals surface area (Å²) in [5.74, 6) is 2.78. The van der Waals surface area contributed by atoms with Gasteiger partial charge in [-0.15, -0.1) is 0 Å². The van der Waals surface area contributed by atoms with E-state index in [-0.39, 0.29) is 12.0 Å². The van der Waals surface area contributed by atoms with Crippen molar-refractivity contribution in [3.8, 4) is 0 Å². The maximum absolute atomic E-state index is 11.8. The molecule has 0 spiro atoms. The van der Waals surface area contributed by atoms with Crippen LogP contribution in [0.25, 0.3) is 0 Å². The van der Waals surface area contributed by atoms with Crippen LogP contribution < -0.4 is 0 Å². The second-order valence-corrected chi connectivity index (χ2v) is 8.15. The molecule has 2 rings (SSSR count). The molecule has 2 heteroatoms. The number of hydrogen-bond acceptors (Lipinski definition) is 2. The first kappa shape index (κ1) is 17.7. The summed E-state index contributed by atoms with van der Waals surface area (Å²) < 4.78 is 0. The molecule has 0 aliphatic heterocycles. The first-order chi connectivity index (χ1) is 10.4. The van der Waals surface area contributed by atoms with Gasteiger partial charge >= 0.3 is 0 Å². The van der Waals surface area contributed by atoms with Crippen molar-refractivity contribution in [3.63, 3.8) is 0 Å². The third-order valence-corrected chi connectivity index (χ3v) is 6.48. The number of allylic oxidation sites excluding steroid dienone is 2. The average molecular weight is 306 g/mol. The van der Waals surface area contributed by atoms with Crippen LogP contribution in [0.2, 0.25) is 0 Å². The second kappa shape index (κ2) is 7.29. The third-order valence-electron chi connectivity index (χ3n) is 6.48. The fourth-order valence-electron chi connectivity index (χ4n) is 5.05. The molecule has 0 radical (unpaired) electrons. The van der Waals surface area contributed by atoms with Gasteiger partial charge in [0.2, 0.25) is 0 Å². The number of carbonyl (C=O) groups excluding carboxylic acids is 1. The van der Waals surface area contributed by atoms with Crippen molar-refractivity contribution in [3.05, 3.63) is 11.6 Å². The van der Waals surface area contributed by atoms with Crippen molar-refractivity contribution in [2.45, 2.75) is 72.6 Å². The Morgan fingerprint density at radius 3 is 2.73 bits per heavy atom. The Hall–Kier alpha value is -0.630. The van der Waals surface area contributed by atoms with Crippen molar-refractivity contribution in [1.29, 1.82) is 0 Å². The topological polar surface area (TPSA) is 37.3 Å². The number of rotatable bonds is 6. The van der Waals surface area contributed by atoms with Crippen LogP contribution in [0.15, 0.2) is 11.6 Å². The molecule has 0 aromatic rings. The lowest BCUT2D eigenvalue weighted by atomic mass is 9.52. The molecule has 0 heterocycles. The Balaban J connectivity index is 2.30. The molecule has 2 aliphatic carbocycles. The number of ketones is 1. The normalized spacial score (nSPS) is 34.8. The van der Waals surface area contributed by atoms with Crippen molar-refractivity contribution in [2.75, 3.05) is 6.61 Å². The highest BCUT2D eigenvalue weighted by molar-refractivity contribution is 5.91. The highest BCUT2D eigenvalue weighted by Crippen LogP contribution is 2.56. The lowest BCUT2D eigenvalue weighted by molar-refractivity contribution is -0.116. The van der Waals surface area contributed by atoms with Gasteiger partial charge in [0.05, 0.1) is 0 Å². The van der Waals surface area contributed by atoms with Crippen molar-refractivity contribution in [2.24, 2.45) is 29.1 Å². The molecule has 5 atom stereocenters. The minimum absolute atomic E-state index is 0.183. The summed E-state index contributed by atoms with van der Waals surface area (Å²) in [4.78, 5) is 11.8. The van der Waals surface area contributed by atoms with E-state index in [2.05, 4.69) is 27.7 Å². The largest absolute Gasteiger partial charge is 0.396 e. The SMILES string of the molecule is CCC[C@H](C)[C@@H]1CCC2=CC(=O)CC[C@]2(C)[C@H]1CC(C)CO. The molecule has 0 aromatic heterocycles. The predicted molar refractivity (Wildman–Crippen MR) is 91.6 cm³/mol. The van der Waals surface area contributed by atoms with E-state index < -0.39 is 0 Å². The second-order valence-electron chi connectivity index (χ2n) is 8.15. The quantitative estimate of drug-likeness (QED) is 0.768. The smallest absolute Gasteiger partial charge is 0.155 e. The van der Waals surface area contributed by atoms with E-state index in [0.717, 1.165) is 31.1 Å². The molecule has 0 amide bonds. The summed E-state index contributed by atoms with van der Waals surface area (Å²) >= 11 is 0. The maximum Gasteiger partial charge on any atom is 0.155 e. The molecule has 22 heavy (non-hydrogen) atoms. The van der Waals surface area contributed by atoms with Gasteiger partial charge in [0.15, 0.2) is 5.78 Å². The van der Waals surface area contributed by atoms with Crippen LogP contribution in [0.5, 0.6) is 0 Å². The van der Waals surface area contributed by atoms with Crippen LogP contribution in [0, 0.1) is 29.1 Å². The zero-order chi connectivity index (χ0) is 16.3. The molecule has 0 aromatic carbocycles. The number of hydrogen-bond donors (Lipinski definition) is 1. The van der Waals surface area contributed by atoms with E-state index in [1.165, 1.54) is 24.8 Å². The molecule has 2 nitrogen and oxygen atoms in total. The van der Waals surface area contributed by atoms with Crippen LogP contribution in [0.4, 0.5) is 0 Å². The van der Waals surface area contributed by atoms with Gasteiger partial charge in [0.25, 0.3) is 0 Å². The fraction of sp³-hybridized carbons (Fsp3) is 0.850. The first-order valence-corrected chi connectivity index (χ1v) is 9.27. The maximum atomic E-state index is 11.8. The summed E-state index contributed by atoms with van der Waals surface area (Å²) in [6.07, 6.45) is 9.64. The predicted octanol–water partition coefficient (Wildman–Crippen LogP) is 4.76. The van der Waals surface area contributed by atoms with Gasteiger partial charge in [-0.25, -0.2) is 0 Å². The van der Waals surface area contributed by atoms with Crippen LogP contribution in [-0.4, -0.2) is 17.5 Å². The van der Waals surface area contributed by atoms with Gasteiger partial charge in [0.1, 0.15) is 0 Å². The lowest BCUT2D eigenvalue weighted by Gasteiger charge is -2.52. The Kier molecular flexibility index (Phi) is 5.87. The highest BCUT2D eigenvalue weighted by Gasteiger charge is 2.47. The molecule has 126 valence electrons. The summed E-state index contributed by atoms with van der Waals surface area (Å²) in [6, 6.07) is 0. The summed E-state index contributed by atoms with van der Waals surface area (Å²) in [6.45, 7) is 9.52. The molecule has 0 saturated heterocycles. The molecule has 1 unspecified atom stereocenters. The van der Waals surface area contributed by atoms with Crippen molar-refractivity contribution in [1.82, 2.24) is 0 Å². The van der Waals surface area contributed by atoms with Crippen LogP contribution >= 0.6 is 0 Å². The highest BCUT2D eigenvalue weighted by atomic mass is 16.3. The minimum Gasteiger partial charge on any atom is -0.396 e. The average Bonchev–Trinajstić information content (AvgIpc) is 2.49. The number of carbonyl (C=O) groups is 1. The first-order valence-electron chi connectivity index (χ1n) is 9.27. The molecule has 1 N–H and O–H groups in total. The summed E-state index contributed by atoms with van der Waals surface area (Å²) in [5, 5.41) is 9.55. The van der Waals surface area contributed by atoms with E-state index in [0.29, 0.717) is 24.0 Å². The minimum atomic E-state index is 0.183. The van der Waals surface area contributed by atoms with Gasteiger partial charge in [-0.3, -0.25) is 4.79 Å².